The van der Waals surface area contributed by atoms with Gasteiger partial charge in [0, 0.05) is 29.2 Å². The summed E-state index contributed by atoms with van der Waals surface area (Å²) in [7, 11) is 1.68. The van der Waals surface area contributed by atoms with Crippen molar-refractivity contribution in [2.75, 3.05) is 13.7 Å². The van der Waals surface area contributed by atoms with Gasteiger partial charge in [-0.3, -0.25) is 0 Å². The quantitative estimate of drug-likeness (QED) is 0.875. The molecule has 0 amide bonds. The molecule has 1 rings (SSSR count). The van der Waals surface area contributed by atoms with Gasteiger partial charge in [-0.1, -0.05) is 15.9 Å². The van der Waals surface area contributed by atoms with E-state index < -0.39 is 0 Å². The van der Waals surface area contributed by atoms with Crippen molar-refractivity contribution in [1.29, 1.82) is 0 Å². The number of hydrogen-bond acceptors (Lipinski definition) is 3. The molecule has 0 radical (unpaired) electrons. The Balaban J connectivity index is 2.72. The van der Waals surface area contributed by atoms with E-state index in [0.717, 1.165) is 10.0 Å². The summed E-state index contributed by atoms with van der Waals surface area (Å²) in [5, 5.41) is 13.1. The second-order valence-electron chi connectivity index (χ2n) is 3.95. The van der Waals surface area contributed by atoms with Crippen LogP contribution in [0.3, 0.4) is 0 Å². The highest BCUT2D eigenvalue weighted by Crippen LogP contribution is 2.27. The monoisotopic (exact) mass is 287 g/mol. The Bertz CT molecular complexity index is 344. The van der Waals surface area contributed by atoms with E-state index in [9.17, 15) is 5.11 Å². The van der Waals surface area contributed by atoms with E-state index in [1.165, 1.54) is 0 Å². The summed E-state index contributed by atoms with van der Waals surface area (Å²) in [4.78, 5) is 0. The standard InChI is InChI=1S/C12H18BrNO2/c1-8(7-16-3)14-9(2)11-6-10(13)4-5-12(11)15/h4-6,8-9,14-15H,7H2,1-3H3. The minimum absolute atomic E-state index is 0.0858. The van der Waals surface area contributed by atoms with Crippen LogP contribution in [-0.4, -0.2) is 24.9 Å². The number of aromatic hydroxyl groups is 1. The van der Waals surface area contributed by atoms with Crippen molar-refractivity contribution in [3.63, 3.8) is 0 Å². The smallest absolute Gasteiger partial charge is 0.120 e. The van der Waals surface area contributed by atoms with Gasteiger partial charge in [0.2, 0.25) is 0 Å². The largest absolute Gasteiger partial charge is 0.508 e. The lowest BCUT2D eigenvalue weighted by molar-refractivity contribution is 0.167. The van der Waals surface area contributed by atoms with Crippen LogP contribution < -0.4 is 5.32 Å². The number of methoxy groups -OCH3 is 1. The molecule has 0 bridgehead atoms. The maximum atomic E-state index is 9.76. The number of halogens is 1. The highest BCUT2D eigenvalue weighted by atomic mass is 79.9. The van der Waals surface area contributed by atoms with E-state index in [2.05, 4.69) is 28.2 Å². The van der Waals surface area contributed by atoms with Gasteiger partial charge in [-0.25, -0.2) is 0 Å². The second-order valence-corrected chi connectivity index (χ2v) is 4.86. The molecule has 16 heavy (non-hydrogen) atoms. The minimum atomic E-state index is 0.0858. The second kappa shape index (κ2) is 6.23. The molecule has 0 saturated heterocycles. The molecule has 0 aliphatic heterocycles. The minimum Gasteiger partial charge on any atom is -0.508 e. The van der Waals surface area contributed by atoms with Gasteiger partial charge in [-0.15, -0.1) is 0 Å². The molecule has 1 aromatic carbocycles. The fraction of sp³-hybridized carbons (Fsp3) is 0.500. The van der Waals surface area contributed by atoms with Crippen molar-refractivity contribution in [3.05, 3.63) is 28.2 Å². The highest BCUT2D eigenvalue weighted by Gasteiger charge is 2.13. The van der Waals surface area contributed by atoms with Gasteiger partial charge < -0.3 is 15.2 Å². The third kappa shape index (κ3) is 3.77. The third-order valence-corrected chi connectivity index (χ3v) is 2.90. The predicted octanol–water partition coefficient (Wildman–Crippen LogP) is 2.84. The summed E-state index contributed by atoms with van der Waals surface area (Å²) in [6.07, 6.45) is 0. The van der Waals surface area contributed by atoms with Gasteiger partial charge in [0.05, 0.1) is 6.61 Å². The SMILES string of the molecule is COCC(C)NC(C)c1cc(Br)ccc1O. The summed E-state index contributed by atoms with van der Waals surface area (Å²) >= 11 is 3.40. The van der Waals surface area contributed by atoms with Crippen molar-refractivity contribution in [2.24, 2.45) is 0 Å². The summed E-state index contributed by atoms with van der Waals surface area (Å²) in [5.74, 6) is 0.313. The predicted molar refractivity (Wildman–Crippen MR) is 68.7 cm³/mol. The molecule has 3 nitrogen and oxygen atoms in total. The summed E-state index contributed by atoms with van der Waals surface area (Å²) in [5.41, 5.74) is 0.886. The molecule has 0 heterocycles. The average molecular weight is 288 g/mol. The Hall–Kier alpha value is -0.580. The lowest BCUT2D eigenvalue weighted by Crippen LogP contribution is -2.32. The number of phenolic OH excluding ortho intramolecular Hbond substituents is 1. The van der Waals surface area contributed by atoms with Crippen molar-refractivity contribution in [3.8, 4) is 5.75 Å². The van der Waals surface area contributed by atoms with Crippen LogP contribution >= 0.6 is 15.9 Å². The van der Waals surface area contributed by atoms with Crippen LogP contribution in [0.1, 0.15) is 25.5 Å². The Morgan fingerprint density at radius 1 is 1.44 bits per heavy atom. The van der Waals surface area contributed by atoms with E-state index in [-0.39, 0.29) is 12.1 Å². The average Bonchev–Trinajstić information content (AvgIpc) is 2.21. The number of benzene rings is 1. The van der Waals surface area contributed by atoms with Gasteiger partial charge in [0.1, 0.15) is 5.75 Å². The molecule has 0 aliphatic carbocycles. The molecule has 1 aromatic rings. The Morgan fingerprint density at radius 3 is 2.75 bits per heavy atom. The summed E-state index contributed by atoms with van der Waals surface area (Å²) in [6, 6.07) is 5.77. The zero-order valence-corrected chi connectivity index (χ0v) is 11.4. The zero-order valence-electron chi connectivity index (χ0n) is 9.83. The first-order chi connectivity index (χ1) is 7.54. The van der Waals surface area contributed by atoms with Crippen molar-refractivity contribution in [2.45, 2.75) is 25.9 Å². The van der Waals surface area contributed by atoms with E-state index >= 15 is 0 Å². The van der Waals surface area contributed by atoms with E-state index in [1.807, 2.05) is 19.1 Å². The maximum Gasteiger partial charge on any atom is 0.120 e. The van der Waals surface area contributed by atoms with Crippen LogP contribution in [0, 0.1) is 0 Å². The molecule has 0 saturated carbocycles. The van der Waals surface area contributed by atoms with Gasteiger partial charge in [-0.05, 0) is 32.0 Å². The molecule has 2 N–H and O–H groups in total. The molecule has 4 heteroatoms. The molecule has 0 spiro atoms. The van der Waals surface area contributed by atoms with Gasteiger partial charge in [0.25, 0.3) is 0 Å². The topological polar surface area (TPSA) is 41.5 Å². The molecule has 0 aliphatic rings. The van der Waals surface area contributed by atoms with Crippen LogP contribution in [-0.2, 0) is 4.74 Å². The molecule has 0 fully saturated rings. The van der Waals surface area contributed by atoms with Gasteiger partial charge in [-0.2, -0.15) is 0 Å². The maximum absolute atomic E-state index is 9.76. The lowest BCUT2D eigenvalue weighted by Gasteiger charge is -2.20. The van der Waals surface area contributed by atoms with Crippen LogP contribution in [0.2, 0.25) is 0 Å². The Kier molecular flexibility index (Phi) is 5.25. The first-order valence-electron chi connectivity index (χ1n) is 5.28. The fourth-order valence-corrected chi connectivity index (χ4v) is 2.07. The first kappa shape index (κ1) is 13.5. The Labute approximate surface area is 105 Å². The fourth-order valence-electron chi connectivity index (χ4n) is 1.69. The molecular weight excluding hydrogens is 270 g/mol. The molecule has 2 atom stereocenters. The van der Waals surface area contributed by atoms with Crippen LogP contribution in [0.25, 0.3) is 0 Å². The van der Waals surface area contributed by atoms with Crippen LogP contribution in [0.4, 0.5) is 0 Å². The summed E-state index contributed by atoms with van der Waals surface area (Å²) < 4.78 is 6.03. The molecule has 0 aromatic heterocycles. The van der Waals surface area contributed by atoms with E-state index in [0.29, 0.717) is 12.4 Å². The highest BCUT2D eigenvalue weighted by molar-refractivity contribution is 9.10. The third-order valence-electron chi connectivity index (χ3n) is 2.41. The summed E-state index contributed by atoms with van der Waals surface area (Å²) in [6.45, 7) is 4.72. The van der Waals surface area contributed by atoms with Crippen LogP contribution in [0.5, 0.6) is 5.75 Å². The number of ether oxygens (including phenoxy) is 1. The number of nitrogens with one attached hydrogen (secondary N) is 1. The normalized spacial score (nSPS) is 14.8. The molecule has 90 valence electrons. The number of hydrogen-bond donors (Lipinski definition) is 2. The number of phenols is 1. The van der Waals surface area contributed by atoms with Crippen molar-refractivity contribution in [1.82, 2.24) is 5.32 Å². The lowest BCUT2D eigenvalue weighted by atomic mass is 10.1. The van der Waals surface area contributed by atoms with Gasteiger partial charge in [0.15, 0.2) is 0 Å². The van der Waals surface area contributed by atoms with Gasteiger partial charge >= 0.3 is 0 Å². The Morgan fingerprint density at radius 2 is 2.12 bits per heavy atom. The first-order valence-corrected chi connectivity index (χ1v) is 6.07. The van der Waals surface area contributed by atoms with Crippen LogP contribution in [0.15, 0.2) is 22.7 Å². The van der Waals surface area contributed by atoms with E-state index in [1.54, 1.807) is 13.2 Å². The van der Waals surface area contributed by atoms with Crippen molar-refractivity contribution >= 4 is 15.9 Å². The van der Waals surface area contributed by atoms with Crippen molar-refractivity contribution < 1.29 is 9.84 Å². The molecular formula is C12H18BrNO2. The zero-order chi connectivity index (χ0) is 12.1. The van der Waals surface area contributed by atoms with E-state index in [4.69, 9.17) is 4.74 Å². The number of rotatable bonds is 5. The molecule has 2 unspecified atom stereocenters.